The highest BCUT2D eigenvalue weighted by Crippen LogP contribution is 2.26. The largest absolute Gasteiger partial charge is 0.340 e. The van der Waals surface area contributed by atoms with Crippen LogP contribution in [0.1, 0.15) is 20.7 Å². The molecule has 1 aromatic heterocycles. The first-order valence-corrected chi connectivity index (χ1v) is 5.42. The van der Waals surface area contributed by atoms with Crippen LogP contribution in [-0.4, -0.2) is 16.8 Å². The predicted octanol–water partition coefficient (Wildman–Crippen LogP) is 1.71. The summed E-state index contributed by atoms with van der Waals surface area (Å²) in [5.74, 6) is -0.119. The van der Waals surface area contributed by atoms with Gasteiger partial charge in [0, 0.05) is 6.20 Å². The second-order valence-corrected chi connectivity index (χ2v) is 3.85. The van der Waals surface area contributed by atoms with Crippen LogP contribution in [0.5, 0.6) is 0 Å². The number of amides is 2. The van der Waals surface area contributed by atoms with Crippen LogP contribution in [0.4, 0.5) is 11.5 Å². The van der Waals surface area contributed by atoms with E-state index in [4.69, 9.17) is 0 Å². The molecule has 0 spiro atoms. The fourth-order valence-corrected chi connectivity index (χ4v) is 1.90. The van der Waals surface area contributed by atoms with E-state index in [1.54, 1.807) is 36.5 Å². The number of imide groups is 1. The molecule has 0 bridgehead atoms. The molecular weight excluding hydrogens is 230 g/mol. The maximum atomic E-state index is 11.7. The van der Waals surface area contributed by atoms with Gasteiger partial charge >= 0.3 is 0 Å². The molecule has 0 radical (unpaired) electrons. The number of anilines is 2. The van der Waals surface area contributed by atoms with E-state index in [0.717, 1.165) is 0 Å². The third-order valence-electron chi connectivity index (χ3n) is 2.69. The number of aromatic nitrogens is 1. The summed E-state index contributed by atoms with van der Waals surface area (Å²) in [6, 6.07) is 10.5. The Balaban J connectivity index is 2.05. The smallest absolute Gasteiger partial charge is 0.261 e. The SMILES string of the molecule is O=C1NC(=O)c2c(Nc3ccccn3)cccc21. The minimum Gasteiger partial charge on any atom is -0.340 e. The van der Waals surface area contributed by atoms with Crippen LogP contribution >= 0.6 is 0 Å². The van der Waals surface area contributed by atoms with Gasteiger partial charge in [0.25, 0.3) is 11.8 Å². The summed E-state index contributed by atoms with van der Waals surface area (Å²) in [7, 11) is 0. The molecule has 2 aromatic rings. The van der Waals surface area contributed by atoms with E-state index in [1.807, 2.05) is 6.07 Å². The second-order valence-electron chi connectivity index (χ2n) is 3.85. The maximum Gasteiger partial charge on any atom is 0.261 e. The summed E-state index contributed by atoms with van der Waals surface area (Å²) in [4.78, 5) is 27.3. The van der Waals surface area contributed by atoms with Crippen molar-refractivity contribution in [3.8, 4) is 0 Å². The van der Waals surface area contributed by atoms with Crippen molar-refractivity contribution in [2.45, 2.75) is 0 Å². The van der Waals surface area contributed by atoms with Crippen LogP contribution in [0.2, 0.25) is 0 Å². The van der Waals surface area contributed by atoms with Crippen molar-refractivity contribution >= 4 is 23.3 Å². The van der Waals surface area contributed by atoms with Crippen LogP contribution in [0.3, 0.4) is 0 Å². The summed E-state index contributed by atoms with van der Waals surface area (Å²) in [5, 5.41) is 5.30. The van der Waals surface area contributed by atoms with Gasteiger partial charge in [-0.15, -0.1) is 0 Å². The summed E-state index contributed by atoms with van der Waals surface area (Å²) in [5.41, 5.74) is 1.34. The summed E-state index contributed by atoms with van der Waals surface area (Å²) in [6.07, 6.45) is 1.65. The summed E-state index contributed by atoms with van der Waals surface area (Å²) in [6.45, 7) is 0. The number of benzene rings is 1. The number of hydrogen-bond donors (Lipinski definition) is 2. The Hall–Kier alpha value is -2.69. The van der Waals surface area contributed by atoms with Gasteiger partial charge in [-0.3, -0.25) is 14.9 Å². The molecule has 2 N–H and O–H groups in total. The zero-order chi connectivity index (χ0) is 12.5. The van der Waals surface area contributed by atoms with Crippen LogP contribution in [0, 0.1) is 0 Å². The Kier molecular flexibility index (Phi) is 2.30. The number of nitrogens with one attached hydrogen (secondary N) is 2. The second kappa shape index (κ2) is 3.96. The highest BCUT2D eigenvalue weighted by Gasteiger charge is 2.29. The molecule has 3 rings (SSSR count). The minimum absolute atomic E-state index is 0.361. The number of rotatable bonds is 2. The van der Waals surface area contributed by atoms with Gasteiger partial charge in [-0.2, -0.15) is 0 Å². The number of nitrogens with zero attached hydrogens (tertiary/aromatic N) is 1. The molecule has 88 valence electrons. The van der Waals surface area contributed by atoms with E-state index in [9.17, 15) is 9.59 Å². The maximum absolute atomic E-state index is 11.7. The highest BCUT2D eigenvalue weighted by molar-refractivity contribution is 6.24. The minimum atomic E-state index is -0.381. The molecule has 18 heavy (non-hydrogen) atoms. The van der Waals surface area contributed by atoms with E-state index >= 15 is 0 Å². The lowest BCUT2D eigenvalue weighted by atomic mass is 10.1. The van der Waals surface area contributed by atoms with E-state index in [0.29, 0.717) is 22.6 Å². The zero-order valence-corrected chi connectivity index (χ0v) is 9.31. The topological polar surface area (TPSA) is 71.1 Å². The molecule has 2 amide bonds. The predicted molar refractivity (Wildman–Crippen MR) is 65.8 cm³/mol. The lowest BCUT2D eigenvalue weighted by Crippen LogP contribution is -2.20. The highest BCUT2D eigenvalue weighted by atomic mass is 16.2. The van der Waals surface area contributed by atoms with Gasteiger partial charge in [-0.25, -0.2) is 4.98 Å². The number of pyridine rings is 1. The van der Waals surface area contributed by atoms with Crippen molar-refractivity contribution in [3.63, 3.8) is 0 Å². The van der Waals surface area contributed by atoms with Crippen LogP contribution in [-0.2, 0) is 0 Å². The Morgan fingerprint density at radius 2 is 1.89 bits per heavy atom. The Labute approximate surface area is 103 Å². The first kappa shape index (κ1) is 10.5. The molecule has 1 aliphatic heterocycles. The van der Waals surface area contributed by atoms with Crippen LogP contribution in [0.15, 0.2) is 42.6 Å². The molecule has 1 aromatic carbocycles. The number of hydrogen-bond acceptors (Lipinski definition) is 4. The van der Waals surface area contributed by atoms with E-state index < -0.39 is 0 Å². The number of fused-ring (bicyclic) bond motifs is 1. The van der Waals surface area contributed by atoms with Gasteiger partial charge in [-0.1, -0.05) is 12.1 Å². The Bertz CT molecular complexity index is 638. The molecule has 2 heterocycles. The van der Waals surface area contributed by atoms with Crippen molar-refractivity contribution < 1.29 is 9.59 Å². The average Bonchev–Trinajstić information content (AvgIpc) is 2.67. The van der Waals surface area contributed by atoms with Crippen LogP contribution in [0.25, 0.3) is 0 Å². The lowest BCUT2D eigenvalue weighted by molar-refractivity contribution is 0.0880. The van der Waals surface area contributed by atoms with Crippen molar-refractivity contribution in [2.75, 3.05) is 5.32 Å². The normalized spacial score (nSPS) is 13.1. The molecular formula is C13H9N3O2. The molecule has 0 atom stereocenters. The number of carbonyl (C=O) groups is 2. The van der Waals surface area contributed by atoms with Crippen LogP contribution < -0.4 is 10.6 Å². The molecule has 0 fully saturated rings. The monoisotopic (exact) mass is 239 g/mol. The average molecular weight is 239 g/mol. The van der Waals surface area contributed by atoms with Gasteiger partial charge in [-0.05, 0) is 24.3 Å². The molecule has 0 aliphatic carbocycles. The molecule has 0 saturated carbocycles. The van der Waals surface area contributed by atoms with Gasteiger partial charge in [0.1, 0.15) is 5.82 Å². The summed E-state index contributed by atoms with van der Waals surface area (Å²) >= 11 is 0. The standard InChI is InChI=1S/C13H9N3O2/c17-12-8-4-3-5-9(11(8)13(18)16-12)15-10-6-1-2-7-14-10/h1-7H,(H,14,15)(H,16,17,18). The Morgan fingerprint density at radius 1 is 1.00 bits per heavy atom. The van der Waals surface area contributed by atoms with E-state index in [2.05, 4.69) is 15.6 Å². The van der Waals surface area contributed by atoms with E-state index in [1.165, 1.54) is 0 Å². The molecule has 1 aliphatic rings. The summed E-state index contributed by atoms with van der Waals surface area (Å²) < 4.78 is 0. The van der Waals surface area contributed by atoms with Crippen molar-refractivity contribution in [2.24, 2.45) is 0 Å². The first-order valence-electron chi connectivity index (χ1n) is 5.42. The van der Waals surface area contributed by atoms with Gasteiger partial charge in [0.15, 0.2) is 0 Å². The first-order chi connectivity index (χ1) is 8.75. The molecule has 5 nitrogen and oxygen atoms in total. The van der Waals surface area contributed by atoms with Gasteiger partial charge < -0.3 is 5.32 Å². The van der Waals surface area contributed by atoms with Gasteiger partial charge in [0.2, 0.25) is 0 Å². The molecule has 5 heteroatoms. The number of carbonyl (C=O) groups excluding carboxylic acids is 2. The third-order valence-corrected chi connectivity index (χ3v) is 2.69. The van der Waals surface area contributed by atoms with E-state index in [-0.39, 0.29) is 11.8 Å². The van der Waals surface area contributed by atoms with Gasteiger partial charge in [0.05, 0.1) is 16.8 Å². The fraction of sp³-hybridized carbons (Fsp3) is 0. The quantitative estimate of drug-likeness (QED) is 0.782. The molecule has 0 unspecified atom stereocenters. The van der Waals surface area contributed by atoms with Crippen molar-refractivity contribution in [1.82, 2.24) is 10.3 Å². The Morgan fingerprint density at radius 3 is 2.67 bits per heavy atom. The fourth-order valence-electron chi connectivity index (χ4n) is 1.90. The zero-order valence-electron chi connectivity index (χ0n) is 9.31. The third kappa shape index (κ3) is 1.62. The molecule has 0 saturated heterocycles. The van der Waals surface area contributed by atoms with Crippen molar-refractivity contribution in [1.29, 1.82) is 0 Å². The lowest BCUT2D eigenvalue weighted by Gasteiger charge is -2.08. The van der Waals surface area contributed by atoms with Crippen molar-refractivity contribution in [3.05, 3.63) is 53.7 Å².